The van der Waals surface area contributed by atoms with E-state index in [1.165, 1.54) is 6.33 Å². The minimum Gasteiger partial charge on any atom is -0.393 e. The first-order valence-electron chi connectivity index (χ1n) is 5.99. The summed E-state index contributed by atoms with van der Waals surface area (Å²) in [7, 11) is 0. The molecule has 0 radical (unpaired) electrons. The molecular formula is C11H19N5O. The van der Waals surface area contributed by atoms with Gasteiger partial charge >= 0.3 is 0 Å². The number of nitrogen functional groups attached to an aromatic ring is 1. The molecule has 0 bridgehead atoms. The maximum Gasteiger partial charge on any atom is 0.148 e. The van der Waals surface area contributed by atoms with Crippen LogP contribution >= 0.6 is 0 Å². The zero-order valence-corrected chi connectivity index (χ0v) is 10.1. The molecule has 0 spiro atoms. The van der Waals surface area contributed by atoms with Crippen LogP contribution in [0.2, 0.25) is 0 Å². The molecule has 0 saturated carbocycles. The molecule has 1 aliphatic heterocycles. The van der Waals surface area contributed by atoms with E-state index in [2.05, 4.69) is 27.2 Å². The SMILES string of the molecule is CCc1c(NN)ncnc1N1CCC(O)CC1. The van der Waals surface area contributed by atoms with Crippen molar-refractivity contribution in [2.75, 3.05) is 23.4 Å². The average Bonchev–Trinajstić information content (AvgIpc) is 2.38. The monoisotopic (exact) mass is 237 g/mol. The number of piperidine rings is 1. The Labute approximate surface area is 101 Å². The molecular weight excluding hydrogens is 218 g/mol. The van der Waals surface area contributed by atoms with E-state index in [0.717, 1.165) is 43.7 Å². The predicted molar refractivity (Wildman–Crippen MR) is 66.7 cm³/mol. The minimum atomic E-state index is -0.176. The molecule has 1 fully saturated rings. The van der Waals surface area contributed by atoms with Crippen molar-refractivity contribution >= 4 is 11.6 Å². The molecule has 1 saturated heterocycles. The first-order chi connectivity index (χ1) is 8.26. The summed E-state index contributed by atoms with van der Waals surface area (Å²) in [6, 6.07) is 0. The van der Waals surface area contributed by atoms with Gasteiger partial charge in [-0.2, -0.15) is 0 Å². The standard InChI is InChI=1S/C11H19N5O/c1-2-9-10(15-12)13-7-14-11(9)16-5-3-8(17)4-6-16/h7-8,17H,2-6,12H2,1H3,(H,13,14,15). The predicted octanol–water partition coefficient (Wildman–Crippen LogP) is 0.286. The molecule has 4 N–H and O–H groups in total. The molecule has 1 aliphatic rings. The van der Waals surface area contributed by atoms with Crippen LogP contribution in [0.5, 0.6) is 0 Å². The molecule has 1 aromatic rings. The average molecular weight is 237 g/mol. The van der Waals surface area contributed by atoms with Gasteiger partial charge in [-0.3, -0.25) is 0 Å². The summed E-state index contributed by atoms with van der Waals surface area (Å²) in [5.41, 5.74) is 3.64. The van der Waals surface area contributed by atoms with Gasteiger partial charge in [0, 0.05) is 18.7 Å². The van der Waals surface area contributed by atoms with Crippen molar-refractivity contribution in [3.8, 4) is 0 Å². The third-order valence-electron chi connectivity index (χ3n) is 3.18. The number of aliphatic hydroxyl groups is 1. The molecule has 2 heterocycles. The number of hydrogen-bond donors (Lipinski definition) is 3. The fourth-order valence-corrected chi connectivity index (χ4v) is 2.20. The third kappa shape index (κ3) is 2.48. The van der Waals surface area contributed by atoms with E-state index in [9.17, 15) is 5.11 Å². The number of hydrazine groups is 1. The van der Waals surface area contributed by atoms with E-state index in [-0.39, 0.29) is 6.10 Å². The number of hydrogen-bond acceptors (Lipinski definition) is 6. The van der Waals surface area contributed by atoms with E-state index >= 15 is 0 Å². The maximum absolute atomic E-state index is 9.51. The van der Waals surface area contributed by atoms with Crippen molar-refractivity contribution < 1.29 is 5.11 Å². The fourth-order valence-electron chi connectivity index (χ4n) is 2.20. The molecule has 94 valence electrons. The molecule has 6 nitrogen and oxygen atoms in total. The van der Waals surface area contributed by atoms with E-state index in [0.29, 0.717) is 5.82 Å². The van der Waals surface area contributed by atoms with Crippen LogP contribution in [-0.2, 0) is 6.42 Å². The van der Waals surface area contributed by atoms with Gasteiger partial charge in [0.05, 0.1) is 6.10 Å². The van der Waals surface area contributed by atoms with Crippen molar-refractivity contribution in [2.45, 2.75) is 32.3 Å². The number of rotatable bonds is 3. The number of nitrogens with two attached hydrogens (primary N) is 1. The topological polar surface area (TPSA) is 87.3 Å². The van der Waals surface area contributed by atoms with Crippen LogP contribution in [0.4, 0.5) is 11.6 Å². The summed E-state index contributed by atoms with van der Waals surface area (Å²) in [6.07, 6.45) is 3.76. The summed E-state index contributed by atoms with van der Waals surface area (Å²) in [6.45, 7) is 3.71. The van der Waals surface area contributed by atoms with Gasteiger partial charge in [-0.1, -0.05) is 6.92 Å². The lowest BCUT2D eigenvalue weighted by Gasteiger charge is -2.32. The summed E-state index contributed by atoms with van der Waals surface area (Å²) in [5.74, 6) is 7.06. The van der Waals surface area contributed by atoms with Crippen molar-refractivity contribution in [1.82, 2.24) is 9.97 Å². The van der Waals surface area contributed by atoms with Crippen LogP contribution in [0.15, 0.2) is 6.33 Å². The fraction of sp³-hybridized carbons (Fsp3) is 0.636. The lowest BCUT2D eigenvalue weighted by Crippen LogP contribution is -2.37. The van der Waals surface area contributed by atoms with Crippen LogP contribution in [0.3, 0.4) is 0 Å². The second-order valence-electron chi connectivity index (χ2n) is 4.24. The summed E-state index contributed by atoms with van der Waals surface area (Å²) in [5, 5.41) is 9.51. The first-order valence-corrected chi connectivity index (χ1v) is 5.99. The van der Waals surface area contributed by atoms with Crippen LogP contribution in [0, 0.1) is 0 Å². The summed E-state index contributed by atoms with van der Waals surface area (Å²) >= 11 is 0. The van der Waals surface area contributed by atoms with Gasteiger partial charge in [0.1, 0.15) is 18.0 Å². The second-order valence-corrected chi connectivity index (χ2v) is 4.24. The molecule has 0 aliphatic carbocycles. The van der Waals surface area contributed by atoms with Gasteiger partial charge < -0.3 is 15.4 Å². The molecule has 6 heteroatoms. The zero-order valence-electron chi connectivity index (χ0n) is 10.1. The van der Waals surface area contributed by atoms with Gasteiger partial charge in [0.2, 0.25) is 0 Å². The largest absolute Gasteiger partial charge is 0.393 e. The Hall–Kier alpha value is -1.40. The smallest absolute Gasteiger partial charge is 0.148 e. The van der Waals surface area contributed by atoms with Crippen molar-refractivity contribution in [2.24, 2.45) is 5.84 Å². The highest BCUT2D eigenvalue weighted by Gasteiger charge is 2.21. The van der Waals surface area contributed by atoms with Gasteiger partial charge in [0.25, 0.3) is 0 Å². The molecule has 0 unspecified atom stereocenters. The van der Waals surface area contributed by atoms with Crippen molar-refractivity contribution in [3.05, 3.63) is 11.9 Å². The van der Waals surface area contributed by atoms with Crippen LogP contribution < -0.4 is 16.2 Å². The quantitative estimate of drug-likeness (QED) is 0.517. The molecule has 2 rings (SSSR count). The highest BCUT2D eigenvalue weighted by atomic mass is 16.3. The Kier molecular flexibility index (Phi) is 3.75. The Morgan fingerprint density at radius 1 is 1.47 bits per heavy atom. The second kappa shape index (κ2) is 5.29. The van der Waals surface area contributed by atoms with E-state index in [1.54, 1.807) is 0 Å². The highest BCUT2D eigenvalue weighted by molar-refractivity contribution is 5.58. The van der Waals surface area contributed by atoms with Crippen LogP contribution in [-0.4, -0.2) is 34.3 Å². The Morgan fingerprint density at radius 2 is 2.18 bits per heavy atom. The molecule has 0 amide bonds. The Morgan fingerprint density at radius 3 is 2.76 bits per heavy atom. The maximum atomic E-state index is 9.51. The van der Waals surface area contributed by atoms with E-state index in [4.69, 9.17) is 5.84 Å². The Balaban J connectivity index is 2.25. The molecule has 17 heavy (non-hydrogen) atoms. The summed E-state index contributed by atoms with van der Waals surface area (Å²) < 4.78 is 0. The zero-order chi connectivity index (χ0) is 12.3. The number of nitrogens with one attached hydrogen (secondary N) is 1. The first kappa shape index (κ1) is 12.1. The molecule has 0 aromatic carbocycles. The van der Waals surface area contributed by atoms with Crippen molar-refractivity contribution in [1.29, 1.82) is 0 Å². The number of anilines is 2. The number of nitrogens with zero attached hydrogens (tertiary/aromatic N) is 3. The molecule has 0 atom stereocenters. The minimum absolute atomic E-state index is 0.176. The lowest BCUT2D eigenvalue weighted by atomic mass is 10.1. The van der Waals surface area contributed by atoms with Gasteiger partial charge in [0.15, 0.2) is 0 Å². The number of aromatic nitrogens is 2. The summed E-state index contributed by atoms with van der Waals surface area (Å²) in [4.78, 5) is 10.6. The molecule has 1 aromatic heterocycles. The third-order valence-corrected chi connectivity index (χ3v) is 3.18. The van der Waals surface area contributed by atoms with Crippen molar-refractivity contribution in [3.63, 3.8) is 0 Å². The van der Waals surface area contributed by atoms with E-state index < -0.39 is 0 Å². The lowest BCUT2D eigenvalue weighted by molar-refractivity contribution is 0.145. The van der Waals surface area contributed by atoms with Gasteiger partial charge in [-0.25, -0.2) is 15.8 Å². The highest BCUT2D eigenvalue weighted by Crippen LogP contribution is 2.25. The van der Waals surface area contributed by atoms with Gasteiger partial charge in [-0.05, 0) is 19.3 Å². The van der Waals surface area contributed by atoms with Crippen LogP contribution in [0.1, 0.15) is 25.3 Å². The van der Waals surface area contributed by atoms with E-state index in [1.807, 2.05) is 0 Å². The Bertz CT molecular complexity index is 376. The van der Waals surface area contributed by atoms with Crippen LogP contribution in [0.25, 0.3) is 0 Å². The number of aliphatic hydroxyl groups excluding tert-OH is 1. The normalized spacial score (nSPS) is 17.2. The van der Waals surface area contributed by atoms with Gasteiger partial charge in [-0.15, -0.1) is 0 Å².